The fourth-order valence-corrected chi connectivity index (χ4v) is 2.03. The standard InChI is InChI=1S/C8H6N2S/c1-5-2-7-8(11-5)3-6(4-9)10-7/h2-3,10H,1H3. The van der Waals surface area contributed by atoms with Crippen molar-refractivity contribution >= 4 is 21.6 Å². The Balaban J connectivity index is 2.76. The quantitative estimate of drug-likeness (QED) is 0.634. The molecule has 1 N–H and O–H groups in total. The second-order valence-electron chi connectivity index (χ2n) is 2.43. The molecule has 2 nitrogen and oxygen atoms in total. The first-order chi connectivity index (χ1) is 5.29. The van der Waals surface area contributed by atoms with Gasteiger partial charge in [-0.3, -0.25) is 0 Å². The highest BCUT2D eigenvalue weighted by atomic mass is 32.1. The average molecular weight is 162 g/mol. The van der Waals surface area contributed by atoms with Crippen LogP contribution in [0.25, 0.3) is 10.2 Å². The fourth-order valence-electron chi connectivity index (χ4n) is 1.11. The van der Waals surface area contributed by atoms with Gasteiger partial charge >= 0.3 is 0 Å². The van der Waals surface area contributed by atoms with Crippen LogP contribution in [0.2, 0.25) is 0 Å². The molecule has 2 rings (SSSR count). The predicted octanol–water partition coefficient (Wildman–Crippen LogP) is 2.41. The lowest BCUT2D eigenvalue weighted by Crippen LogP contribution is -1.67. The predicted molar refractivity (Wildman–Crippen MR) is 45.6 cm³/mol. The lowest BCUT2D eigenvalue weighted by molar-refractivity contribution is 1.37. The molecule has 0 amide bonds. The zero-order chi connectivity index (χ0) is 7.84. The number of H-pyrrole nitrogens is 1. The summed E-state index contributed by atoms with van der Waals surface area (Å²) in [7, 11) is 0. The molecule has 0 unspecified atom stereocenters. The molecule has 0 aliphatic heterocycles. The number of hydrogen-bond acceptors (Lipinski definition) is 2. The first kappa shape index (κ1) is 6.44. The molecule has 0 bridgehead atoms. The Morgan fingerprint density at radius 2 is 2.36 bits per heavy atom. The Morgan fingerprint density at radius 3 is 3.00 bits per heavy atom. The molecule has 0 saturated heterocycles. The summed E-state index contributed by atoms with van der Waals surface area (Å²) in [6.45, 7) is 2.06. The Bertz CT molecular complexity index is 399. The van der Waals surface area contributed by atoms with Crippen LogP contribution in [-0.2, 0) is 0 Å². The van der Waals surface area contributed by atoms with E-state index in [2.05, 4.69) is 24.0 Å². The lowest BCUT2D eigenvalue weighted by atomic mass is 10.4. The minimum absolute atomic E-state index is 0.645. The molecule has 0 fully saturated rings. The number of rotatable bonds is 0. The second-order valence-corrected chi connectivity index (χ2v) is 3.72. The highest BCUT2D eigenvalue weighted by molar-refractivity contribution is 7.18. The number of nitrogens with zero attached hydrogens (tertiary/aromatic N) is 1. The molecule has 0 aliphatic carbocycles. The van der Waals surface area contributed by atoms with Crippen LogP contribution in [0.1, 0.15) is 10.6 Å². The van der Waals surface area contributed by atoms with Crippen molar-refractivity contribution in [3.8, 4) is 6.07 Å². The monoisotopic (exact) mass is 162 g/mol. The molecule has 0 aromatic carbocycles. The first-order valence-corrected chi connectivity index (χ1v) is 4.10. The van der Waals surface area contributed by atoms with Crippen LogP contribution in [0.3, 0.4) is 0 Å². The summed E-state index contributed by atoms with van der Waals surface area (Å²) < 4.78 is 1.17. The number of thiophene rings is 1. The van der Waals surface area contributed by atoms with E-state index < -0.39 is 0 Å². The third kappa shape index (κ3) is 0.920. The van der Waals surface area contributed by atoms with E-state index in [9.17, 15) is 0 Å². The minimum atomic E-state index is 0.645. The van der Waals surface area contributed by atoms with Crippen molar-refractivity contribution < 1.29 is 0 Å². The van der Waals surface area contributed by atoms with E-state index in [1.165, 1.54) is 9.58 Å². The van der Waals surface area contributed by atoms with Crippen LogP contribution in [-0.4, -0.2) is 4.98 Å². The van der Waals surface area contributed by atoms with E-state index in [1.54, 1.807) is 11.3 Å². The zero-order valence-electron chi connectivity index (χ0n) is 6.01. The van der Waals surface area contributed by atoms with Gasteiger partial charge in [0.05, 0.1) is 10.2 Å². The SMILES string of the molecule is Cc1cc2[nH]c(C#N)cc2s1. The maximum absolute atomic E-state index is 8.55. The van der Waals surface area contributed by atoms with Crippen molar-refractivity contribution in [3.63, 3.8) is 0 Å². The summed E-state index contributed by atoms with van der Waals surface area (Å²) >= 11 is 1.71. The van der Waals surface area contributed by atoms with Gasteiger partial charge in [0.15, 0.2) is 0 Å². The van der Waals surface area contributed by atoms with Crippen molar-refractivity contribution in [1.29, 1.82) is 5.26 Å². The molecule has 0 radical (unpaired) electrons. The molecule has 54 valence electrons. The maximum atomic E-state index is 8.55. The Morgan fingerprint density at radius 1 is 1.55 bits per heavy atom. The summed E-state index contributed by atoms with van der Waals surface area (Å²) in [5.41, 5.74) is 1.72. The molecule has 0 atom stereocenters. The molecular weight excluding hydrogens is 156 g/mol. The number of nitriles is 1. The van der Waals surface area contributed by atoms with Gasteiger partial charge in [-0.25, -0.2) is 0 Å². The number of hydrogen-bond donors (Lipinski definition) is 1. The van der Waals surface area contributed by atoms with Gasteiger partial charge in [-0.05, 0) is 19.1 Å². The Labute approximate surface area is 68.1 Å². The van der Waals surface area contributed by atoms with Crippen LogP contribution in [0.15, 0.2) is 12.1 Å². The average Bonchev–Trinajstić information content (AvgIpc) is 2.43. The molecule has 0 saturated carbocycles. The topological polar surface area (TPSA) is 39.6 Å². The van der Waals surface area contributed by atoms with Crippen molar-refractivity contribution in [3.05, 3.63) is 22.7 Å². The van der Waals surface area contributed by atoms with E-state index in [-0.39, 0.29) is 0 Å². The van der Waals surface area contributed by atoms with Crippen LogP contribution < -0.4 is 0 Å². The smallest absolute Gasteiger partial charge is 0.119 e. The molecular formula is C8H6N2S. The van der Waals surface area contributed by atoms with Crippen molar-refractivity contribution in [2.45, 2.75) is 6.92 Å². The fraction of sp³-hybridized carbons (Fsp3) is 0.125. The number of aromatic nitrogens is 1. The van der Waals surface area contributed by atoms with Gasteiger partial charge in [0.2, 0.25) is 0 Å². The van der Waals surface area contributed by atoms with Gasteiger partial charge in [0, 0.05) is 4.88 Å². The number of aryl methyl sites for hydroxylation is 1. The summed E-state index contributed by atoms with van der Waals surface area (Å²) in [5.74, 6) is 0. The van der Waals surface area contributed by atoms with Gasteiger partial charge in [0.1, 0.15) is 11.8 Å². The van der Waals surface area contributed by atoms with Gasteiger partial charge in [-0.1, -0.05) is 0 Å². The van der Waals surface area contributed by atoms with E-state index in [0.29, 0.717) is 5.69 Å². The van der Waals surface area contributed by atoms with Crippen LogP contribution in [0.5, 0.6) is 0 Å². The summed E-state index contributed by atoms with van der Waals surface area (Å²) in [4.78, 5) is 4.29. The number of nitrogens with one attached hydrogen (secondary N) is 1. The van der Waals surface area contributed by atoms with Crippen LogP contribution in [0.4, 0.5) is 0 Å². The van der Waals surface area contributed by atoms with Crippen molar-refractivity contribution in [2.75, 3.05) is 0 Å². The van der Waals surface area contributed by atoms with Gasteiger partial charge < -0.3 is 4.98 Å². The van der Waals surface area contributed by atoms with E-state index in [4.69, 9.17) is 5.26 Å². The van der Waals surface area contributed by atoms with Gasteiger partial charge in [0.25, 0.3) is 0 Å². The van der Waals surface area contributed by atoms with Gasteiger partial charge in [-0.15, -0.1) is 11.3 Å². The minimum Gasteiger partial charge on any atom is -0.346 e. The third-order valence-corrected chi connectivity index (χ3v) is 2.55. The van der Waals surface area contributed by atoms with Crippen LogP contribution >= 0.6 is 11.3 Å². The second kappa shape index (κ2) is 2.11. The first-order valence-electron chi connectivity index (χ1n) is 3.29. The highest BCUT2D eigenvalue weighted by Crippen LogP contribution is 2.24. The molecule has 2 aromatic heterocycles. The van der Waals surface area contributed by atoms with E-state index in [0.717, 1.165) is 5.52 Å². The third-order valence-electron chi connectivity index (χ3n) is 1.55. The molecule has 0 aliphatic rings. The summed E-state index contributed by atoms with van der Waals surface area (Å²) in [5, 5.41) is 8.55. The maximum Gasteiger partial charge on any atom is 0.119 e. The van der Waals surface area contributed by atoms with Crippen LogP contribution in [0, 0.1) is 18.3 Å². The Kier molecular flexibility index (Phi) is 1.23. The molecule has 2 heterocycles. The zero-order valence-corrected chi connectivity index (χ0v) is 6.83. The molecule has 3 heteroatoms. The van der Waals surface area contributed by atoms with Crippen molar-refractivity contribution in [1.82, 2.24) is 4.98 Å². The summed E-state index contributed by atoms with van der Waals surface area (Å²) in [6.07, 6.45) is 0. The van der Waals surface area contributed by atoms with E-state index >= 15 is 0 Å². The highest BCUT2D eigenvalue weighted by Gasteiger charge is 2.01. The molecule has 0 spiro atoms. The number of fused-ring (bicyclic) bond motifs is 1. The normalized spacial score (nSPS) is 10.2. The van der Waals surface area contributed by atoms with Gasteiger partial charge in [-0.2, -0.15) is 5.26 Å². The largest absolute Gasteiger partial charge is 0.346 e. The lowest BCUT2D eigenvalue weighted by Gasteiger charge is -1.75. The molecule has 2 aromatic rings. The Hall–Kier alpha value is -1.27. The van der Waals surface area contributed by atoms with E-state index in [1.807, 2.05) is 6.07 Å². The molecule has 11 heavy (non-hydrogen) atoms. The number of aromatic amines is 1. The summed E-state index contributed by atoms with van der Waals surface area (Å²) in [6, 6.07) is 6.01. The van der Waals surface area contributed by atoms with Crippen molar-refractivity contribution in [2.24, 2.45) is 0 Å².